The molecule has 1 amide bonds. The van der Waals surface area contributed by atoms with E-state index in [9.17, 15) is 9.18 Å². The number of thioether (sulfide) groups is 1. The van der Waals surface area contributed by atoms with E-state index in [1.807, 2.05) is 39.8 Å². The van der Waals surface area contributed by atoms with Gasteiger partial charge >= 0.3 is 0 Å². The van der Waals surface area contributed by atoms with E-state index in [-0.39, 0.29) is 17.8 Å². The molecular formula is C23H23FN4O2S. The van der Waals surface area contributed by atoms with Crippen LogP contribution < -0.4 is 0 Å². The molecule has 2 aromatic carbocycles. The minimum Gasteiger partial charge on any atom is -0.378 e. The predicted molar refractivity (Wildman–Crippen MR) is 116 cm³/mol. The van der Waals surface area contributed by atoms with E-state index in [0.717, 1.165) is 18.4 Å². The number of hydrogen-bond acceptors (Lipinski definition) is 5. The van der Waals surface area contributed by atoms with Gasteiger partial charge in [0.2, 0.25) is 5.91 Å². The molecule has 160 valence electrons. The number of morpholine rings is 1. The van der Waals surface area contributed by atoms with E-state index in [2.05, 4.69) is 10.2 Å². The fraction of sp³-hybridized carbons (Fsp3) is 0.348. The minimum absolute atomic E-state index is 0.0392. The van der Waals surface area contributed by atoms with Crippen LogP contribution in [0.1, 0.15) is 29.7 Å². The highest BCUT2D eigenvalue weighted by Crippen LogP contribution is 2.44. The van der Waals surface area contributed by atoms with Gasteiger partial charge in [-0.1, -0.05) is 54.2 Å². The van der Waals surface area contributed by atoms with Crippen molar-refractivity contribution in [3.63, 3.8) is 0 Å². The Labute approximate surface area is 184 Å². The van der Waals surface area contributed by atoms with E-state index in [4.69, 9.17) is 4.74 Å². The molecule has 5 rings (SSSR count). The topological polar surface area (TPSA) is 60.2 Å². The summed E-state index contributed by atoms with van der Waals surface area (Å²) in [6.07, 6.45) is 2.00. The molecule has 0 bridgehead atoms. The molecule has 0 radical (unpaired) electrons. The standard InChI is InChI=1S/C23H23FN4O2S/c24-19-9-5-4-8-18(19)21-25-26-23(28(21)17-10-11-17)31-20(16-6-2-1-3-7-16)22(29)27-12-14-30-15-13-27/h1-9,17,20H,10-15H2/t20-/m0/s1. The van der Waals surface area contributed by atoms with Crippen molar-refractivity contribution in [3.8, 4) is 11.4 Å². The molecule has 6 nitrogen and oxygen atoms in total. The molecule has 8 heteroatoms. The molecular weight excluding hydrogens is 415 g/mol. The number of hydrogen-bond donors (Lipinski definition) is 0. The first-order valence-corrected chi connectivity index (χ1v) is 11.4. The molecule has 2 heterocycles. The number of amides is 1. The molecule has 0 spiro atoms. The van der Waals surface area contributed by atoms with Gasteiger partial charge in [0.05, 0.1) is 18.8 Å². The lowest BCUT2D eigenvalue weighted by Crippen LogP contribution is -2.42. The number of carbonyl (C=O) groups is 1. The van der Waals surface area contributed by atoms with Crippen molar-refractivity contribution < 1.29 is 13.9 Å². The molecule has 2 aliphatic rings. The average Bonchev–Trinajstić information content (AvgIpc) is 3.58. The lowest BCUT2D eigenvalue weighted by molar-refractivity contribution is -0.134. The highest BCUT2D eigenvalue weighted by molar-refractivity contribution is 8.00. The van der Waals surface area contributed by atoms with Gasteiger partial charge in [0.1, 0.15) is 11.1 Å². The molecule has 0 N–H and O–H groups in total. The van der Waals surface area contributed by atoms with E-state index >= 15 is 0 Å². The monoisotopic (exact) mass is 438 g/mol. The lowest BCUT2D eigenvalue weighted by Gasteiger charge is -2.30. The SMILES string of the molecule is O=C([C@@H](Sc1nnc(-c2ccccc2F)n1C1CC1)c1ccccc1)N1CCOCC1. The summed E-state index contributed by atoms with van der Waals surface area (Å²) in [5, 5.41) is 8.94. The van der Waals surface area contributed by atoms with Crippen LogP contribution in [0.5, 0.6) is 0 Å². The number of benzene rings is 2. The third kappa shape index (κ3) is 4.22. The Hall–Kier alpha value is -2.71. The Balaban J connectivity index is 1.51. The van der Waals surface area contributed by atoms with E-state index in [1.165, 1.54) is 17.8 Å². The predicted octanol–water partition coefficient (Wildman–Crippen LogP) is 4.11. The van der Waals surface area contributed by atoms with Crippen LogP contribution in [0.2, 0.25) is 0 Å². The normalized spacial score (nSPS) is 17.5. The van der Waals surface area contributed by atoms with Crippen molar-refractivity contribution in [3.05, 3.63) is 66.0 Å². The van der Waals surface area contributed by atoms with Crippen molar-refractivity contribution >= 4 is 17.7 Å². The first-order chi connectivity index (χ1) is 15.2. The number of ether oxygens (including phenoxy) is 1. The van der Waals surface area contributed by atoms with E-state index < -0.39 is 5.25 Å². The van der Waals surface area contributed by atoms with Crippen LogP contribution in [0, 0.1) is 5.82 Å². The van der Waals surface area contributed by atoms with E-state index in [0.29, 0.717) is 42.8 Å². The van der Waals surface area contributed by atoms with Crippen molar-refractivity contribution in [1.29, 1.82) is 0 Å². The van der Waals surface area contributed by atoms with Gasteiger partial charge in [0.15, 0.2) is 11.0 Å². The highest BCUT2D eigenvalue weighted by Gasteiger charge is 2.35. The quantitative estimate of drug-likeness (QED) is 0.542. The summed E-state index contributed by atoms with van der Waals surface area (Å²) in [5.41, 5.74) is 1.35. The Morgan fingerprint density at radius 2 is 1.74 bits per heavy atom. The molecule has 31 heavy (non-hydrogen) atoms. The first kappa shape index (κ1) is 20.2. The Morgan fingerprint density at radius 3 is 2.45 bits per heavy atom. The highest BCUT2D eigenvalue weighted by atomic mass is 32.2. The van der Waals surface area contributed by atoms with Crippen molar-refractivity contribution in [2.75, 3.05) is 26.3 Å². The molecule has 1 saturated heterocycles. The number of aromatic nitrogens is 3. The molecule has 1 aromatic heterocycles. The summed E-state index contributed by atoms with van der Waals surface area (Å²) < 4.78 is 21.9. The van der Waals surface area contributed by atoms with Crippen LogP contribution >= 0.6 is 11.8 Å². The van der Waals surface area contributed by atoms with Gasteiger partial charge in [0, 0.05) is 19.1 Å². The number of carbonyl (C=O) groups excluding carboxylic acids is 1. The molecule has 2 fully saturated rings. The fourth-order valence-electron chi connectivity index (χ4n) is 3.79. The third-order valence-corrected chi connectivity index (χ3v) is 6.76. The van der Waals surface area contributed by atoms with Gasteiger partial charge in [-0.15, -0.1) is 10.2 Å². The molecule has 0 unspecified atom stereocenters. The van der Waals surface area contributed by atoms with Gasteiger partial charge in [-0.2, -0.15) is 0 Å². The summed E-state index contributed by atoms with van der Waals surface area (Å²) in [7, 11) is 0. The molecule has 1 aliphatic heterocycles. The zero-order chi connectivity index (χ0) is 21.2. The van der Waals surface area contributed by atoms with Crippen LogP contribution in [0.15, 0.2) is 59.8 Å². The third-order valence-electron chi connectivity index (χ3n) is 5.56. The second-order valence-electron chi connectivity index (χ2n) is 7.73. The summed E-state index contributed by atoms with van der Waals surface area (Å²) >= 11 is 1.39. The van der Waals surface area contributed by atoms with Gasteiger partial charge in [-0.25, -0.2) is 4.39 Å². The van der Waals surface area contributed by atoms with Gasteiger partial charge in [-0.05, 0) is 30.5 Å². The summed E-state index contributed by atoms with van der Waals surface area (Å²) in [6.45, 7) is 2.26. The van der Waals surface area contributed by atoms with Crippen LogP contribution in [0.3, 0.4) is 0 Å². The molecule has 1 saturated carbocycles. The maximum absolute atomic E-state index is 14.5. The zero-order valence-electron chi connectivity index (χ0n) is 17.0. The van der Waals surface area contributed by atoms with Crippen LogP contribution in [-0.4, -0.2) is 51.9 Å². The van der Waals surface area contributed by atoms with Crippen molar-refractivity contribution in [2.45, 2.75) is 29.3 Å². The Bertz CT molecular complexity index is 1060. The fourth-order valence-corrected chi connectivity index (χ4v) is 4.98. The van der Waals surface area contributed by atoms with Gasteiger partial charge < -0.3 is 9.64 Å². The summed E-state index contributed by atoms with van der Waals surface area (Å²) in [5.74, 6) is 0.239. The average molecular weight is 439 g/mol. The van der Waals surface area contributed by atoms with Crippen LogP contribution in [0.25, 0.3) is 11.4 Å². The second kappa shape index (κ2) is 8.80. The van der Waals surface area contributed by atoms with Gasteiger partial charge in [-0.3, -0.25) is 9.36 Å². The molecule has 3 aromatic rings. The molecule has 1 aliphatic carbocycles. The van der Waals surface area contributed by atoms with Crippen molar-refractivity contribution in [2.24, 2.45) is 0 Å². The minimum atomic E-state index is -0.450. The summed E-state index contributed by atoms with van der Waals surface area (Å²) in [6, 6.07) is 16.6. The smallest absolute Gasteiger partial charge is 0.240 e. The molecule has 1 atom stereocenters. The Morgan fingerprint density at radius 1 is 1.03 bits per heavy atom. The number of nitrogens with zero attached hydrogens (tertiary/aromatic N) is 4. The van der Waals surface area contributed by atoms with Crippen LogP contribution in [-0.2, 0) is 9.53 Å². The van der Waals surface area contributed by atoms with Gasteiger partial charge in [0.25, 0.3) is 0 Å². The number of rotatable bonds is 6. The Kier molecular flexibility index (Phi) is 5.74. The van der Waals surface area contributed by atoms with Crippen LogP contribution in [0.4, 0.5) is 4.39 Å². The van der Waals surface area contributed by atoms with E-state index in [1.54, 1.807) is 18.2 Å². The van der Waals surface area contributed by atoms with Crippen molar-refractivity contribution in [1.82, 2.24) is 19.7 Å². The summed E-state index contributed by atoms with van der Waals surface area (Å²) in [4.78, 5) is 15.3. The largest absolute Gasteiger partial charge is 0.378 e. The first-order valence-electron chi connectivity index (χ1n) is 10.5. The zero-order valence-corrected chi connectivity index (χ0v) is 17.8. The maximum atomic E-state index is 14.5. The number of halogens is 1. The maximum Gasteiger partial charge on any atom is 0.240 e. The second-order valence-corrected chi connectivity index (χ2v) is 8.81. The lowest BCUT2D eigenvalue weighted by atomic mass is 10.1.